The standard InChI is InChI=1S/C17H19NO2S/c1-13-7-9-15(10-8-13)21-12-11-20-17-6-4-3-5-16(17)18-14(2)19/h3-10H,11-12H2,1-2H3,(H,18,19). The number of para-hydroxylation sites is 2. The van der Waals surface area contributed by atoms with Crippen molar-refractivity contribution in [3.8, 4) is 5.75 Å². The van der Waals surface area contributed by atoms with E-state index in [1.54, 1.807) is 11.8 Å². The van der Waals surface area contributed by atoms with E-state index in [2.05, 4.69) is 36.5 Å². The highest BCUT2D eigenvalue weighted by atomic mass is 32.2. The van der Waals surface area contributed by atoms with E-state index in [1.165, 1.54) is 17.4 Å². The number of thioether (sulfide) groups is 1. The Morgan fingerprint density at radius 1 is 1.14 bits per heavy atom. The van der Waals surface area contributed by atoms with E-state index in [0.717, 1.165) is 5.75 Å². The van der Waals surface area contributed by atoms with Gasteiger partial charge < -0.3 is 10.1 Å². The topological polar surface area (TPSA) is 38.3 Å². The zero-order chi connectivity index (χ0) is 15.1. The largest absolute Gasteiger partial charge is 0.491 e. The fourth-order valence-corrected chi connectivity index (χ4v) is 2.56. The first-order chi connectivity index (χ1) is 10.1. The third kappa shape index (κ3) is 5.16. The molecule has 0 fully saturated rings. The molecule has 3 nitrogen and oxygen atoms in total. The normalized spacial score (nSPS) is 10.2. The molecule has 2 rings (SSSR count). The molecular weight excluding hydrogens is 282 g/mol. The number of benzene rings is 2. The lowest BCUT2D eigenvalue weighted by molar-refractivity contribution is -0.114. The highest BCUT2D eigenvalue weighted by Crippen LogP contribution is 2.24. The van der Waals surface area contributed by atoms with E-state index >= 15 is 0 Å². The molecule has 0 aliphatic heterocycles. The van der Waals surface area contributed by atoms with Crippen LogP contribution in [0.2, 0.25) is 0 Å². The quantitative estimate of drug-likeness (QED) is 0.644. The fraction of sp³-hybridized carbons (Fsp3) is 0.235. The van der Waals surface area contributed by atoms with Crippen molar-refractivity contribution in [1.82, 2.24) is 0 Å². The molecule has 0 radical (unpaired) electrons. The van der Waals surface area contributed by atoms with Crippen molar-refractivity contribution >= 4 is 23.4 Å². The highest BCUT2D eigenvalue weighted by molar-refractivity contribution is 7.99. The Bertz CT molecular complexity index is 596. The molecule has 0 aromatic heterocycles. The summed E-state index contributed by atoms with van der Waals surface area (Å²) in [6.45, 7) is 4.16. The molecule has 0 heterocycles. The average molecular weight is 301 g/mol. The van der Waals surface area contributed by atoms with Crippen LogP contribution in [0.15, 0.2) is 53.4 Å². The van der Waals surface area contributed by atoms with Crippen LogP contribution in [0.25, 0.3) is 0 Å². The van der Waals surface area contributed by atoms with Gasteiger partial charge in [-0.2, -0.15) is 0 Å². The van der Waals surface area contributed by atoms with Crippen LogP contribution in [-0.2, 0) is 4.79 Å². The number of hydrogen-bond donors (Lipinski definition) is 1. The molecular formula is C17H19NO2S. The minimum Gasteiger partial charge on any atom is -0.491 e. The molecule has 0 saturated heterocycles. The molecule has 4 heteroatoms. The van der Waals surface area contributed by atoms with Gasteiger partial charge in [-0.05, 0) is 31.2 Å². The van der Waals surface area contributed by atoms with Gasteiger partial charge >= 0.3 is 0 Å². The van der Waals surface area contributed by atoms with E-state index in [-0.39, 0.29) is 5.91 Å². The van der Waals surface area contributed by atoms with Gasteiger partial charge in [0.15, 0.2) is 0 Å². The Hall–Kier alpha value is -1.94. The SMILES string of the molecule is CC(=O)Nc1ccccc1OCCSc1ccc(C)cc1. The van der Waals surface area contributed by atoms with Crippen LogP contribution in [0.5, 0.6) is 5.75 Å². The number of anilines is 1. The van der Waals surface area contributed by atoms with Gasteiger partial charge in [-0.1, -0.05) is 29.8 Å². The van der Waals surface area contributed by atoms with Crippen molar-refractivity contribution in [3.63, 3.8) is 0 Å². The molecule has 0 spiro atoms. The molecule has 1 N–H and O–H groups in total. The van der Waals surface area contributed by atoms with E-state index in [0.29, 0.717) is 18.0 Å². The second-order valence-electron chi connectivity index (χ2n) is 4.69. The van der Waals surface area contributed by atoms with Crippen molar-refractivity contribution < 1.29 is 9.53 Å². The summed E-state index contributed by atoms with van der Waals surface area (Å²) in [5, 5.41) is 2.77. The minimum atomic E-state index is -0.0971. The maximum Gasteiger partial charge on any atom is 0.221 e. The molecule has 0 saturated carbocycles. The number of aryl methyl sites for hydroxylation is 1. The lowest BCUT2D eigenvalue weighted by Gasteiger charge is -2.11. The van der Waals surface area contributed by atoms with Gasteiger partial charge in [0.1, 0.15) is 5.75 Å². The van der Waals surface area contributed by atoms with Crippen LogP contribution >= 0.6 is 11.8 Å². The lowest BCUT2D eigenvalue weighted by atomic mass is 10.2. The van der Waals surface area contributed by atoms with E-state index in [1.807, 2.05) is 24.3 Å². The summed E-state index contributed by atoms with van der Waals surface area (Å²) in [5.74, 6) is 1.47. The molecule has 0 bridgehead atoms. The van der Waals surface area contributed by atoms with Gasteiger partial charge in [-0.15, -0.1) is 11.8 Å². The summed E-state index contributed by atoms with van der Waals surface area (Å²) in [5.41, 5.74) is 1.98. The molecule has 1 amide bonds. The van der Waals surface area contributed by atoms with E-state index in [9.17, 15) is 4.79 Å². The molecule has 0 atom stereocenters. The van der Waals surface area contributed by atoms with Gasteiger partial charge in [0.05, 0.1) is 12.3 Å². The average Bonchev–Trinajstić information content (AvgIpc) is 2.46. The molecule has 0 aliphatic rings. The monoisotopic (exact) mass is 301 g/mol. The van der Waals surface area contributed by atoms with E-state index < -0.39 is 0 Å². The smallest absolute Gasteiger partial charge is 0.221 e. The number of nitrogens with one attached hydrogen (secondary N) is 1. The first-order valence-electron chi connectivity index (χ1n) is 6.84. The van der Waals surface area contributed by atoms with Gasteiger partial charge in [-0.25, -0.2) is 0 Å². The summed E-state index contributed by atoms with van der Waals surface area (Å²) < 4.78 is 5.75. The molecule has 0 aliphatic carbocycles. The summed E-state index contributed by atoms with van der Waals surface area (Å²) in [6, 6.07) is 15.9. The molecule has 0 unspecified atom stereocenters. The van der Waals surface area contributed by atoms with Gasteiger partial charge in [0.25, 0.3) is 0 Å². The lowest BCUT2D eigenvalue weighted by Crippen LogP contribution is -2.08. The number of amides is 1. The summed E-state index contributed by atoms with van der Waals surface area (Å²) >= 11 is 1.76. The minimum absolute atomic E-state index is 0.0971. The predicted octanol–water partition coefficient (Wildman–Crippen LogP) is 4.12. The first-order valence-corrected chi connectivity index (χ1v) is 7.82. The van der Waals surface area contributed by atoms with Crippen LogP contribution in [0.3, 0.4) is 0 Å². The number of carbonyl (C=O) groups excluding carboxylic acids is 1. The number of carbonyl (C=O) groups is 1. The van der Waals surface area contributed by atoms with Gasteiger partial charge in [0, 0.05) is 17.6 Å². The predicted molar refractivity (Wildman–Crippen MR) is 88.1 cm³/mol. The Morgan fingerprint density at radius 3 is 2.57 bits per heavy atom. The summed E-state index contributed by atoms with van der Waals surface area (Å²) in [7, 11) is 0. The fourth-order valence-electron chi connectivity index (χ4n) is 1.83. The zero-order valence-corrected chi connectivity index (χ0v) is 13.1. The molecule has 2 aromatic rings. The van der Waals surface area contributed by atoms with Crippen molar-refractivity contribution in [2.24, 2.45) is 0 Å². The number of ether oxygens (including phenoxy) is 1. The van der Waals surface area contributed by atoms with Crippen LogP contribution in [0.1, 0.15) is 12.5 Å². The van der Waals surface area contributed by atoms with Crippen molar-refractivity contribution in [2.45, 2.75) is 18.7 Å². The Labute approximate surface area is 129 Å². The summed E-state index contributed by atoms with van der Waals surface area (Å²) in [6.07, 6.45) is 0. The molecule has 110 valence electrons. The second-order valence-corrected chi connectivity index (χ2v) is 5.86. The van der Waals surface area contributed by atoms with Crippen LogP contribution in [0.4, 0.5) is 5.69 Å². The van der Waals surface area contributed by atoms with E-state index in [4.69, 9.17) is 4.74 Å². The number of rotatable bonds is 6. The summed E-state index contributed by atoms with van der Waals surface area (Å²) in [4.78, 5) is 12.4. The Kier molecular flexibility index (Phi) is 5.69. The third-order valence-corrected chi connectivity index (χ3v) is 3.80. The zero-order valence-electron chi connectivity index (χ0n) is 12.3. The van der Waals surface area contributed by atoms with Crippen LogP contribution < -0.4 is 10.1 Å². The van der Waals surface area contributed by atoms with Gasteiger partial charge in [0.2, 0.25) is 5.91 Å². The third-order valence-electron chi connectivity index (χ3n) is 2.83. The maximum atomic E-state index is 11.1. The van der Waals surface area contributed by atoms with Crippen molar-refractivity contribution in [1.29, 1.82) is 0 Å². The Morgan fingerprint density at radius 2 is 1.86 bits per heavy atom. The van der Waals surface area contributed by atoms with Crippen molar-refractivity contribution in [3.05, 3.63) is 54.1 Å². The van der Waals surface area contributed by atoms with Crippen LogP contribution in [0, 0.1) is 6.92 Å². The second kappa shape index (κ2) is 7.74. The van der Waals surface area contributed by atoms with Gasteiger partial charge in [-0.3, -0.25) is 4.79 Å². The molecule has 21 heavy (non-hydrogen) atoms. The maximum absolute atomic E-state index is 11.1. The van der Waals surface area contributed by atoms with Crippen LogP contribution in [-0.4, -0.2) is 18.3 Å². The van der Waals surface area contributed by atoms with Crippen molar-refractivity contribution in [2.75, 3.05) is 17.7 Å². The highest BCUT2D eigenvalue weighted by Gasteiger charge is 2.04. The Balaban J connectivity index is 1.83. The number of hydrogen-bond acceptors (Lipinski definition) is 3. The first kappa shape index (κ1) is 15.4. The molecule has 2 aromatic carbocycles.